The van der Waals surface area contributed by atoms with Crippen molar-refractivity contribution in [3.63, 3.8) is 0 Å². The van der Waals surface area contributed by atoms with Crippen LogP contribution in [-0.2, 0) is 4.74 Å². The van der Waals surface area contributed by atoms with Crippen LogP contribution in [0.4, 0.5) is 0 Å². The zero-order valence-electron chi connectivity index (χ0n) is 7.96. The lowest BCUT2D eigenvalue weighted by molar-refractivity contribution is 0.139. The maximum atomic E-state index is 5.32. The van der Waals surface area contributed by atoms with Crippen LogP contribution in [0.3, 0.4) is 0 Å². The lowest BCUT2D eigenvalue weighted by Crippen LogP contribution is -1.93. The molecule has 0 atom stereocenters. The molecule has 0 aromatic heterocycles. The van der Waals surface area contributed by atoms with Gasteiger partial charge in [0.1, 0.15) is 0 Å². The first-order valence-corrected chi connectivity index (χ1v) is 5.38. The van der Waals surface area contributed by atoms with Crippen LogP contribution in [-0.4, -0.2) is 19.0 Å². The Kier molecular flexibility index (Phi) is 11.1. The van der Waals surface area contributed by atoms with Gasteiger partial charge in [-0.05, 0) is 31.4 Å². The molecule has 0 radical (unpaired) electrons. The molecule has 0 aliphatic heterocycles. The van der Waals surface area contributed by atoms with E-state index >= 15 is 0 Å². The summed E-state index contributed by atoms with van der Waals surface area (Å²) in [7, 11) is 0. The van der Waals surface area contributed by atoms with E-state index in [2.05, 4.69) is 31.7 Å². The molecule has 0 N–H and O–H groups in total. The Labute approximate surface area is 81.6 Å². The van der Waals surface area contributed by atoms with Crippen molar-refractivity contribution in [1.29, 1.82) is 0 Å². The van der Waals surface area contributed by atoms with Crippen LogP contribution in [0.5, 0.6) is 0 Å². The summed E-state index contributed by atoms with van der Waals surface area (Å²) in [6.45, 7) is 3.89. The molecule has 72 valence electrons. The van der Waals surface area contributed by atoms with E-state index in [1.165, 1.54) is 6.42 Å². The Bertz CT molecular complexity index is 102. The minimum Gasteiger partial charge on any atom is -0.381 e. The Hall–Kier alpha value is 0.0500. The zero-order chi connectivity index (χ0) is 9.07. The van der Waals surface area contributed by atoms with E-state index in [1.54, 1.807) is 0 Å². The first kappa shape index (κ1) is 12.0. The van der Waals surface area contributed by atoms with Crippen molar-refractivity contribution in [3.05, 3.63) is 12.2 Å². The van der Waals surface area contributed by atoms with Crippen molar-refractivity contribution in [2.45, 2.75) is 32.6 Å². The van der Waals surface area contributed by atoms with Gasteiger partial charge < -0.3 is 4.74 Å². The number of unbranched alkanes of at least 4 members (excludes halogenated alkanes) is 1. The second kappa shape index (κ2) is 11.1. The number of ether oxygens (including phenoxy) is 1. The largest absolute Gasteiger partial charge is 0.381 e. The quantitative estimate of drug-likeness (QED) is 0.350. The van der Waals surface area contributed by atoms with Crippen LogP contribution in [0.2, 0.25) is 0 Å². The summed E-state index contributed by atoms with van der Waals surface area (Å²) in [6, 6.07) is 0. The monoisotopic (exact) mass is 188 g/mol. The van der Waals surface area contributed by atoms with Gasteiger partial charge in [-0.3, -0.25) is 0 Å². The van der Waals surface area contributed by atoms with Crippen LogP contribution in [0, 0.1) is 0 Å². The molecule has 12 heavy (non-hydrogen) atoms. The fraction of sp³-hybridized carbons (Fsp3) is 0.800. The Morgan fingerprint density at radius 2 is 1.92 bits per heavy atom. The summed E-state index contributed by atoms with van der Waals surface area (Å²) in [5.74, 6) is 0.983. The summed E-state index contributed by atoms with van der Waals surface area (Å²) in [5.41, 5.74) is 0. The molecule has 0 aromatic rings. The lowest BCUT2D eigenvalue weighted by Gasteiger charge is -1.97. The van der Waals surface area contributed by atoms with E-state index in [0.717, 1.165) is 38.2 Å². The molecule has 0 fully saturated rings. The molecule has 2 heteroatoms. The number of allylic oxidation sites excluding steroid dienone is 1. The van der Waals surface area contributed by atoms with E-state index in [1.807, 2.05) is 0 Å². The molecule has 0 spiro atoms. The topological polar surface area (TPSA) is 9.23 Å². The Balaban J connectivity index is 2.92. The molecule has 0 aliphatic rings. The molecule has 0 saturated carbocycles. The van der Waals surface area contributed by atoms with Gasteiger partial charge in [0.15, 0.2) is 0 Å². The third-order valence-corrected chi connectivity index (χ3v) is 1.79. The minimum atomic E-state index is 0.866. The van der Waals surface area contributed by atoms with E-state index in [0.29, 0.717) is 0 Å². The van der Waals surface area contributed by atoms with Crippen LogP contribution < -0.4 is 0 Å². The van der Waals surface area contributed by atoms with Gasteiger partial charge in [0.25, 0.3) is 0 Å². The number of hydrogen-bond acceptors (Lipinski definition) is 2. The Morgan fingerprint density at radius 3 is 2.58 bits per heavy atom. The average molecular weight is 188 g/mol. The van der Waals surface area contributed by atoms with E-state index < -0.39 is 0 Å². The molecule has 0 heterocycles. The average Bonchev–Trinajstić information content (AvgIpc) is 2.10. The first-order valence-electron chi connectivity index (χ1n) is 4.75. The van der Waals surface area contributed by atoms with Gasteiger partial charge in [0.2, 0.25) is 0 Å². The molecular formula is C10H20OS. The number of rotatable bonds is 8. The minimum absolute atomic E-state index is 0.866. The third kappa shape index (κ3) is 10.0. The third-order valence-electron chi connectivity index (χ3n) is 1.47. The predicted octanol–water partition coefficient (Wildman–Crippen LogP) is 3.07. The lowest BCUT2D eigenvalue weighted by atomic mass is 10.3. The van der Waals surface area contributed by atoms with Gasteiger partial charge in [0, 0.05) is 6.61 Å². The highest BCUT2D eigenvalue weighted by molar-refractivity contribution is 7.80. The predicted molar refractivity (Wildman–Crippen MR) is 58.0 cm³/mol. The zero-order valence-corrected chi connectivity index (χ0v) is 8.85. The van der Waals surface area contributed by atoms with E-state index in [9.17, 15) is 0 Å². The molecule has 0 aromatic carbocycles. The molecule has 0 aliphatic carbocycles. The van der Waals surface area contributed by atoms with Crippen molar-refractivity contribution < 1.29 is 4.74 Å². The van der Waals surface area contributed by atoms with Gasteiger partial charge >= 0.3 is 0 Å². The highest BCUT2D eigenvalue weighted by Crippen LogP contribution is 1.94. The summed E-state index contributed by atoms with van der Waals surface area (Å²) in [6.07, 6.45) is 8.90. The van der Waals surface area contributed by atoms with Gasteiger partial charge in [-0.2, -0.15) is 12.6 Å². The maximum absolute atomic E-state index is 5.32. The van der Waals surface area contributed by atoms with Crippen molar-refractivity contribution in [3.8, 4) is 0 Å². The van der Waals surface area contributed by atoms with Crippen molar-refractivity contribution in [2.75, 3.05) is 19.0 Å². The molecule has 1 nitrogen and oxygen atoms in total. The summed E-state index contributed by atoms with van der Waals surface area (Å²) in [5, 5.41) is 0. The second-order valence-electron chi connectivity index (χ2n) is 2.74. The van der Waals surface area contributed by atoms with Gasteiger partial charge in [-0.25, -0.2) is 0 Å². The molecule has 0 saturated heterocycles. The van der Waals surface area contributed by atoms with Gasteiger partial charge in [0.05, 0.1) is 6.61 Å². The summed E-state index contributed by atoms with van der Waals surface area (Å²) < 4.78 is 5.32. The smallest absolute Gasteiger partial charge is 0.0500 e. The van der Waals surface area contributed by atoms with Crippen LogP contribution >= 0.6 is 12.6 Å². The van der Waals surface area contributed by atoms with Crippen LogP contribution in [0.15, 0.2) is 12.2 Å². The van der Waals surface area contributed by atoms with Crippen molar-refractivity contribution in [1.82, 2.24) is 0 Å². The maximum Gasteiger partial charge on any atom is 0.0500 e. The molecule has 0 bridgehead atoms. The first-order chi connectivity index (χ1) is 5.91. The van der Waals surface area contributed by atoms with Gasteiger partial charge in [-0.1, -0.05) is 19.1 Å². The number of thiol groups is 1. The molecule has 0 unspecified atom stereocenters. The van der Waals surface area contributed by atoms with E-state index in [4.69, 9.17) is 4.74 Å². The summed E-state index contributed by atoms with van der Waals surface area (Å²) in [4.78, 5) is 0. The highest BCUT2D eigenvalue weighted by atomic mass is 32.1. The van der Waals surface area contributed by atoms with Crippen molar-refractivity contribution >= 4 is 12.6 Å². The van der Waals surface area contributed by atoms with E-state index in [-0.39, 0.29) is 0 Å². The standard InChI is InChI=1S/C10H20OS/c1-2-8-11-9-6-4-3-5-7-10-12/h3-4,12H,2,5-10H2,1H3/b4-3-. The Morgan fingerprint density at radius 1 is 1.17 bits per heavy atom. The fourth-order valence-electron chi connectivity index (χ4n) is 0.843. The normalized spacial score (nSPS) is 11.2. The fourth-order valence-corrected chi connectivity index (χ4v) is 1.03. The van der Waals surface area contributed by atoms with Gasteiger partial charge in [-0.15, -0.1) is 0 Å². The van der Waals surface area contributed by atoms with Crippen molar-refractivity contribution in [2.24, 2.45) is 0 Å². The van der Waals surface area contributed by atoms with Crippen LogP contribution in [0.1, 0.15) is 32.6 Å². The molecule has 0 rings (SSSR count). The number of hydrogen-bond donors (Lipinski definition) is 1. The SMILES string of the molecule is CCCOCC/C=C\CCCS. The molecule has 0 amide bonds. The highest BCUT2D eigenvalue weighted by Gasteiger charge is 1.82. The molecular weight excluding hydrogens is 168 g/mol. The summed E-state index contributed by atoms with van der Waals surface area (Å²) >= 11 is 4.13. The van der Waals surface area contributed by atoms with Crippen LogP contribution in [0.25, 0.3) is 0 Å². The second-order valence-corrected chi connectivity index (χ2v) is 3.19.